The Morgan fingerprint density at radius 2 is 1.72 bits per heavy atom. The molecule has 0 spiro atoms. The molecule has 4 aromatic rings. The fourth-order valence-corrected chi connectivity index (χ4v) is 3.78. The third-order valence-electron chi connectivity index (χ3n) is 3.83. The maximum atomic E-state index is 9.46. The molecule has 0 atom stereocenters. The Hall–Kier alpha value is -2.63. The Balaban J connectivity index is 1.86. The number of phenols is 1. The van der Waals surface area contributed by atoms with Gasteiger partial charge in [0.1, 0.15) is 22.2 Å². The van der Waals surface area contributed by atoms with E-state index < -0.39 is 0 Å². The molecule has 0 amide bonds. The molecule has 2 aromatic carbocycles. The highest BCUT2D eigenvalue weighted by Crippen LogP contribution is 2.38. The lowest BCUT2D eigenvalue weighted by Crippen LogP contribution is -1.98. The molecule has 0 aliphatic rings. The van der Waals surface area contributed by atoms with E-state index in [0.717, 1.165) is 32.8 Å². The smallest absolute Gasteiger partial charge is 0.143 e. The van der Waals surface area contributed by atoms with Gasteiger partial charge >= 0.3 is 0 Å². The van der Waals surface area contributed by atoms with Crippen molar-refractivity contribution in [2.45, 2.75) is 6.92 Å². The van der Waals surface area contributed by atoms with Crippen LogP contribution in [0.2, 0.25) is 5.02 Å². The average molecular weight is 368 g/mol. The van der Waals surface area contributed by atoms with Crippen LogP contribution in [0.1, 0.15) is 5.82 Å². The Morgan fingerprint density at radius 3 is 2.44 bits per heavy atom. The number of fused-ring (bicyclic) bond motifs is 1. The van der Waals surface area contributed by atoms with Crippen molar-refractivity contribution >= 4 is 44.7 Å². The maximum Gasteiger partial charge on any atom is 0.143 e. The minimum atomic E-state index is 0.229. The Morgan fingerprint density at radius 1 is 1.00 bits per heavy atom. The van der Waals surface area contributed by atoms with Crippen LogP contribution in [0.15, 0.2) is 53.9 Å². The summed E-state index contributed by atoms with van der Waals surface area (Å²) in [6.07, 6.45) is 0. The van der Waals surface area contributed by atoms with E-state index in [1.807, 2.05) is 43.3 Å². The number of aromatic hydroxyl groups is 1. The molecule has 4 rings (SSSR count). The van der Waals surface area contributed by atoms with E-state index in [-0.39, 0.29) is 5.75 Å². The summed E-state index contributed by atoms with van der Waals surface area (Å²) in [5.74, 6) is 1.68. The highest BCUT2D eigenvalue weighted by Gasteiger charge is 2.14. The minimum Gasteiger partial charge on any atom is -0.508 e. The van der Waals surface area contributed by atoms with Crippen LogP contribution in [0.3, 0.4) is 0 Å². The molecule has 6 heteroatoms. The van der Waals surface area contributed by atoms with E-state index in [2.05, 4.69) is 20.7 Å². The number of rotatable bonds is 3. The van der Waals surface area contributed by atoms with Crippen LogP contribution in [0.25, 0.3) is 21.3 Å². The van der Waals surface area contributed by atoms with Crippen molar-refractivity contribution < 1.29 is 5.11 Å². The molecular weight excluding hydrogens is 354 g/mol. The predicted molar refractivity (Wildman–Crippen MR) is 104 cm³/mol. The van der Waals surface area contributed by atoms with Gasteiger partial charge in [0.15, 0.2) is 0 Å². The second-order valence-corrected chi connectivity index (χ2v) is 6.92. The second-order valence-electron chi connectivity index (χ2n) is 5.63. The topological polar surface area (TPSA) is 58.0 Å². The Bertz CT molecular complexity index is 1040. The molecule has 0 aliphatic heterocycles. The number of nitrogens with zero attached hydrogens (tertiary/aromatic N) is 2. The monoisotopic (exact) mass is 367 g/mol. The number of hydrogen-bond acceptors (Lipinski definition) is 5. The van der Waals surface area contributed by atoms with Gasteiger partial charge in [-0.3, -0.25) is 0 Å². The number of hydrogen-bond donors (Lipinski definition) is 2. The van der Waals surface area contributed by atoms with Crippen LogP contribution >= 0.6 is 22.9 Å². The number of aromatic nitrogens is 2. The molecule has 2 N–H and O–H groups in total. The van der Waals surface area contributed by atoms with Crippen LogP contribution in [-0.4, -0.2) is 15.1 Å². The van der Waals surface area contributed by atoms with Gasteiger partial charge in [0.25, 0.3) is 0 Å². The Kier molecular flexibility index (Phi) is 4.03. The predicted octanol–water partition coefficient (Wildman–Crippen LogP) is 5.77. The van der Waals surface area contributed by atoms with Gasteiger partial charge in [0, 0.05) is 21.7 Å². The summed E-state index contributed by atoms with van der Waals surface area (Å²) in [5.41, 5.74) is 2.99. The van der Waals surface area contributed by atoms with Gasteiger partial charge < -0.3 is 10.4 Å². The fourth-order valence-electron chi connectivity index (χ4n) is 2.66. The number of thiophene rings is 1. The van der Waals surface area contributed by atoms with Crippen LogP contribution in [-0.2, 0) is 0 Å². The van der Waals surface area contributed by atoms with Gasteiger partial charge in [-0.25, -0.2) is 9.97 Å². The number of benzene rings is 2. The first-order chi connectivity index (χ1) is 12.1. The summed E-state index contributed by atoms with van der Waals surface area (Å²) in [7, 11) is 0. The molecular formula is C19H14ClN3OS. The van der Waals surface area contributed by atoms with Gasteiger partial charge in [-0.1, -0.05) is 23.7 Å². The van der Waals surface area contributed by atoms with E-state index in [9.17, 15) is 5.11 Å². The highest BCUT2D eigenvalue weighted by atomic mass is 35.5. The molecule has 4 nitrogen and oxygen atoms in total. The van der Waals surface area contributed by atoms with E-state index in [0.29, 0.717) is 10.8 Å². The number of halogens is 1. The van der Waals surface area contributed by atoms with E-state index in [1.165, 1.54) is 0 Å². The van der Waals surface area contributed by atoms with Gasteiger partial charge in [-0.15, -0.1) is 11.3 Å². The van der Waals surface area contributed by atoms with Gasteiger partial charge in [0.05, 0.1) is 5.39 Å². The molecule has 0 unspecified atom stereocenters. The number of anilines is 2. The number of aryl methyl sites for hydroxylation is 1. The van der Waals surface area contributed by atoms with Crippen molar-refractivity contribution in [3.63, 3.8) is 0 Å². The first-order valence-electron chi connectivity index (χ1n) is 7.68. The summed E-state index contributed by atoms with van der Waals surface area (Å²) in [6.45, 7) is 1.88. The molecule has 0 bridgehead atoms. The molecule has 124 valence electrons. The second kappa shape index (κ2) is 6.35. The summed E-state index contributed by atoms with van der Waals surface area (Å²) in [5, 5.41) is 16.6. The third-order valence-corrected chi connectivity index (χ3v) is 4.95. The quantitative estimate of drug-likeness (QED) is 0.451. The number of nitrogens with one attached hydrogen (secondary N) is 1. The molecule has 2 aromatic heterocycles. The van der Waals surface area contributed by atoms with Crippen molar-refractivity contribution in [2.24, 2.45) is 0 Å². The SMILES string of the molecule is Cc1nc(Nc2ccc(O)cc2)c2c(-c3ccc(Cl)cc3)csc2n1. The zero-order valence-electron chi connectivity index (χ0n) is 13.3. The van der Waals surface area contributed by atoms with E-state index >= 15 is 0 Å². The normalized spacial score (nSPS) is 11.0. The Labute approximate surface area is 153 Å². The molecule has 0 saturated carbocycles. The van der Waals surface area contributed by atoms with Gasteiger partial charge in [-0.05, 0) is 48.9 Å². The lowest BCUT2D eigenvalue weighted by Gasteiger charge is -2.10. The standard InChI is InChI=1S/C19H14ClN3OS/c1-11-21-18(23-14-6-8-15(24)9-7-14)17-16(10-25-19(17)22-11)12-2-4-13(20)5-3-12/h2-10,24H,1H3,(H,21,22,23). The van der Waals surface area contributed by atoms with Crippen molar-refractivity contribution in [1.29, 1.82) is 0 Å². The average Bonchev–Trinajstić information content (AvgIpc) is 3.01. The van der Waals surface area contributed by atoms with E-state index in [1.54, 1.807) is 23.5 Å². The summed E-state index contributed by atoms with van der Waals surface area (Å²) < 4.78 is 0. The highest BCUT2D eigenvalue weighted by molar-refractivity contribution is 7.17. The summed E-state index contributed by atoms with van der Waals surface area (Å²) in [4.78, 5) is 10.1. The lowest BCUT2D eigenvalue weighted by molar-refractivity contribution is 0.475. The molecule has 0 radical (unpaired) electrons. The zero-order chi connectivity index (χ0) is 17.4. The molecule has 25 heavy (non-hydrogen) atoms. The summed E-state index contributed by atoms with van der Waals surface area (Å²) in [6, 6.07) is 14.6. The lowest BCUT2D eigenvalue weighted by atomic mass is 10.1. The first kappa shape index (κ1) is 15.9. The van der Waals surface area contributed by atoms with Crippen molar-refractivity contribution in [3.8, 4) is 16.9 Å². The zero-order valence-corrected chi connectivity index (χ0v) is 14.9. The fraction of sp³-hybridized carbons (Fsp3) is 0.0526. The molecule has 0 aliphatic carbocycles. The number of phenolic OH excluding ortho intramolecular Hbond substituents is 1. The van der Waals surface area contributed by atoms with Crippen molar-refractivity contribution in [2.75, 3.05) is 5.32 Å². The maximum absolute atomic E-state index is 9.46. The van der Waals surface area contributed by atoms with Crippen LogP contribution in [0.5, 0.6) is 5.75 Å². The molecule has 2 heterocycles. The molecule has 0 fully saturated rings. The van der Waals surface area contributed by atoms with Crippen LogP contribution < -0.4 is 5.32 Å². The van der Waals surface area contributed by atoms with Crippen LogP contribution in [0.4, 0.5) is 11.5 Å². The van der Waals surface area contributed by atoms with Gasteiger partial charge in [-0.2, -0.15) is 0 Å². The van der Waals surface area contributed by atoms with Crippen LogP contribution in [0, 0.1) is 6.92 Å². The molecule has 0 saturated heterocycles. The third kappa shape index (κ3) is 3.16. The van der Waals surface area contributed by atoms with Crippen molar-refractivity contribution in [1.82, 2.24) is 9.97 Å². The van der Waals surface area contributed by atoms with E-state index in [4.69, 9.17) is 11.6 Å². The first-order valence-corrected chi connectivity index (χ1v) is 8.94. The van der Waals surface area contributed by atoms with Gasteiger partial charge in [0.2, 0.25) is 0 Å². The minimum absolute atomic E-state index is 0.229. The summed E-state index contributed by atoms with van der Waals surface area (Å²) >= 11 is 7.60. The largest absolute Gasteiger partial charge is 0.508 e. The van der Waals surface area contributed by atoms with Crippen molar-refractivity contribution in [3.05, 3.63) is 64.8 Å².